The molecule has 2 N–H and O–H groups in total. The van der Waals surface area contributed by atoms with Gasteiger partial charge in [0.1, 0.15) is 11.6 Å². The van der Waals surface area contributed by atoms with Crippen LogP contribution in [0.5, 0.6) is 5.75 Å². The summed E-state index contributed by atoms with van der Waals surface area (Å²) in [5.41, 5.74) is 2.36. The molecule has 0 radical (unpaired) electrons. The van der Waals surface area contributed by atoms with Crippen molar-refractivity contribution < 1.29 is 14.3 Å². The Morgan fingerprint density at radius 3 is 2.57 bits per heavy atom. The fraction of sp³-hybridized carbons (Fsp3) is 0.350. The maximum absolute atomic E-state index is 12.6. The molecule has 2 amide bonds. The van der Waals surface area contributed by atoms with Crippen LogP contribution in [0.2, 0.25) is 5.02 Å². The smallest absolute Gasteiger partial charge is 0.241 e. The largest absolute Gasteiger partial charge is 0.495 e. The first-order valence-electron chi connectivity index (χ1n) is 8.79. The molecule has 0 fully saturated rings. The molecule has 1 unspecified atom stereocenters. The molecule has 1 aromatic carbocycles. The number of carbonyl (C=O) groups excluding carboxylic acids is 2. The number of nitrogens with one attached hydrogen (secondary N) is 2. The first kappa shape index (κ1) is 21.7. The lowest BCUT2D eigenvalue weighted by Crippen LogP contribution is -2.43. The molecular formula is C20H25ClN4O3. The van der Waals surface area contributed by atoms with Gasteiger partial charge in [-0.25, -0.2) is 4.98 Å². The quantitative estimate of drug-likeness (QED) is 0.740. The predicted octanol–water partition coefficient (Wildman–Crippen LogP) is 3.26. The van der Waals surface area contributed by atoms with Gasteiger partial charge in [0.15, 0.2) is 0 Å². The highest BCUT2D eigenvalue weighted by atomic mass is 35.5. The zero-order chi connectivity index (χ0) is 20.8. The first-order valence-corrected chi connectivity index (χ1v) is 9.16. The molecule has 28 heavy (non-hydrogen) atoms. The van der Waals surface area contributed by atoms with E-state index in [-0.39, 0.29) is 18.4 Å². The molecule has 1 atom stereocenters. The second-order valence-corrected chi connectivity index (χ2v) is 7.06. The van der Waals surface area contributed by atoms with Gasteiger partial charge in [-0.1, -0.05) is 17.7 Å². The SMILES string of the molecule is COc1cc(Cl)c(C)cc1NC(=O)C(C)N(C)CC(=O)Nc1ccc(C)cn1. The van der Waals surface area contributed by atoms with Crippen molar-refractivity contribution in [3.05, 3.63) is 46.6 Å². The Morgan fingerprint density at radius 1 is 1.25 bits per heavy atom. The summed E-state index contributed by atoms with van der Waals surface area (Å²) >= 11 is 6.10. The summed E-state index contributed by atoms with van der Waals surface area (Å²) in [6, 6.07) is 6.46. The van der Waals surface area contributed by atoms with Crippen molar-refractivity contribution in [2.45, 2.75) is 26.8 Å². The Balaban J connectivity index is 1.97. The van der Waals surface area contributed by atoms with E-state index in [4.69, 9.17) is 16.3 Å². The Labute approximate surface area is 170 Å². The van der Waals surface area contributed by atoms with Crippen molar-refractivity contribution in [1.29, 1.82) is 0 Å². The molecule has 0 saturated carbocycles. The molecule has 0 bridgehead atoms. The summed E-state index contributed by atoms with van der Waals surface area (Å²) < 4.78 is 5.28. The number of amides is 2. The molecule has 0 aliphatic rings. The van der Waals surface area contributed by atoms with E-state index in [1.54, 1.807) is 43.3 Å². The highest BCUT2D eigenvalue weighted by Crippen LogP contribution is 2.31. The Hall–Kier alpha value is -2.64. The van der Waals surface area contributed by atoms with Crippen molar-refractivity contribution in [2.75, 3.05) is 31.3 Å². The van der Waals surface area contributed by atoms with Crippen LogP contribution in [0.1, 0.15) is 18.1 Å². The van der Waals surface area contributed by atoms with E-state index in [2.05, 4.69) is 15.6 Å². The monoisotopic (exact) mass is 404 g/mol. The minimum absolute atomic E-state index is 0.0426. The summed E-state index contributed by atoms with van der Waals surface area (Å²) in [5, 5.41) is 6.11. The Morgan fingerprint density at radius 2 is 1.96 bits per heavy atom. The number of likely N-dealkylation sites (N-methyl/N-ethyl adjacent to an activating group) is 1. The lowest BCUT2D eigenvalue weighted by Gasteiger charge is -2.23. The standard InChI is InChI=1S/C20H25ClN4O3/c1-12-6-7-18(22-10-12)24-19(26)11-25(4)14(3)20(27)23-16-8-13(2)15(21)9-17(16)28-5/h6-10,14H,11H2,1-5H3,(H,23,27)(H,22,24,26). The number of ether oxygens (including phenoxy) is 1. The molecule has 0 aliphatic heterocycles. The number of aromatic nitrogens is 1. The molecule has 0 spiro atoms. The zero-order valence-corrected chi connectivity index (χ0v) is 17.4. The van der Waals surface area contributed by atoms with Gasteiger partial charge >= 0.3 is 0 Å². The van der Waals surface area contributed by atoms with E-state index < -0.39 is 6.04 Å². The molecule has 2 aromatic rings. The number of carbonyl (C=O) groups is 2. The number of pyridine rings is 1. The fourth-order valence-corrected chi connectivity index (χ4v) is 2.61. The van der Waals surface area contributed by atoms with E-state index in [1.807, 2.05) is 19.9 Å². The van der Waals surface area contributed by atoms with E-state index in [0.29, 0.717) is 22.3 Å². The van der Waals surface area contributed by atoms with Gasteiger partial charge in [-0.15, -0.1) is 0 Å². The second kappa shape index (κ2) is 9.52. The average molecular weight is 405 g/mol. The third-order valence-electron chi connectivity index (χ3n) is 4.35. The number of halogens is 1. The minimum atomic E-state index is -0.544. The molecule has 8 heteroatoms. The van der Waals surface area contributed by atoms with E-state index in [0.717, 1.165) is 11.1 Å². The molecule has 150 valence electrons. The van der Waals surface area contributed by atoms with Crippen LogP contribution in [0.3, 0.4) is 0 Å². The van der Waals surface area contributed by atoms with Gasteiger partial charge in [-0.3, -0.25) is 14.5 Å². The van der Waals surface area contributed by atoms with Gasteiger partial charge < -0.3 is 15.4 Å². The van der Waals surface area contributed by atoms with Crippen LogP contribution in [-0.2, 0) is 9.59 Å². The number of benzene rings is 1. The molecule has 0 saturated heterocycles. The molecule has 2 rings (SSSR count). The van der Waals surface area contributed by atoms with Gasteiger partial charge in [0.05, 0.1) is 25.4 Å². The van der Waals surface area contributed by atoms with Gasteiger partial charge in [0, 0.05) is 17.3 Å². The van der Waals surface area contributed by atoms with Gasteiger partial charge in [-0.05, 0) is 51.1 Å². The summed E-state index contributed by atoms with van der Waals surface area (Å²) in [4.78, 5) is 30.6. The van der Waals surface area contributed by atoms with Crippen molar-refractivity contribution in [3.8, 4) is 5.75 Å². The van der Waals surface area contributed by atoms with E-state index in [1.165, 1.54) is 7.11 Å². The number of methoxy groups -OCH3 is 1. The number of hydrogen-bond acceptors (Lipinski definition) is 5. The number of nitrogens with zero attached hydrogens (tertiary/aromatic N) is 2. The summed E-state index contributed by atoms with van der Waals surface area (Å²) in [6.45, 7) is 5.53. The van der Waals surface area contributed by atoms with Crippen LogP contribution in [-0.4, -0.2) is 48.4 Å². The van der Waals surface area contributed by atoms with Crippen molar-refractivity contribution in [1.82, 2.24) is 9.88 Å². The van der Waals surface area contributed by atoms with Crippen molar-refractivity contribution in [3.63, 3.8) is 0 Å². The van der Waals surface area contributed by atoms with Crippen LogP contribution < -0.4 is 15.4 Å². The molecule has 1 heterocycles. The number of hydrogen-bond donors (Lipinski definition) is 2. The first-order chi connectivity index (χ1) is 13.2. The van der Waals surface area contributed by atoms with E-state index >= 15 is 0 Å². The maximum atomic E-state index is 12.6. The summed E-state index contributed by atoms with van der Waals surface area (Å²) in [5.74, 6) is 0.437. The van der Waals surface area contributed by atoms with Crippen LogP contribution in [0, 0.1) is 13.8 Å². The lowest BCUT2D eigenvalue weighted by atomic mass is 10.2. The summed E-state index contributed by atoms with van der Waals surface area (Å²) in [6.07, 6.45) is 1.68. The van der Waals surface area contributed by atoms with Crippen LogP contribution >= 0.6 is 11.6 Å². The van der Waals surface area contributed by atoms with Gasteiger partial charge in [-0.2, -0.15) is 0 Å². The fourth-order valence-electron chi connectivity index (χ4n) is 2.45. The predicted molar refractivity (Wildman–Crippen MR) is 111 cm³/mol. The second-order valence-electron chi connectivity index (χ2n) is 6.65. The third kappa shape index (κ3) is 5.68. The van der Waals surface area contributed by atoms with Crippen LogP contribution in [0.25, 0.3) is 0 Å². The van der Waals surface area contributed by atoms with Crippen molar-refractivity contribution >= 4 is 34.9 Å². The average Bonchev–Trinajstić information content (AvgIpc) is 2.65. The Bertz CT molecular complexity index is 855. The highest BCUT2D eigenvalue weighted by molar-refractivity contribution is 6.31. The maximum Gasteiger partial charge on any atom is 0.241 e. The number of aryl methyl sites for hydroxylation is 2. The third-order valence-corrected chi connectivity index (χ3v) is 4.76. The Kier molecular flexibility index (Phi) is 7.37. The molecule has 7 nitrogen and oxygen atoms in total. The topological polar surface area (TPSA) is 83.6 Å². The molecular weight excluding hydrogens is 380 g/mol. The number of anilines is 2. The number of rotatable bonds is 7. The van der Waals surface area contributed by atoms with Gasteiger partial charge in [0.2, 0.25) is 11.8 Å². The minimum Gasteiger partial charge on any atom is -0.495 e. The molecule has 1 aromatic heterocycles. The normalized spacial score (nSPS) is 11.8. The summed E-state index contributed by atoms with van der Waals surface area (Å²) in [7, 11) is 3.21. The van der Waals surface area contributed by atoms with Crippen molar-refractivity contribution in [2.24, 2.45) is 0 Å². The lowest BCUT2D eigenvalue weighted by molar-refractivity contribution is -0.122. The van der Waals surface area contributed by atoms with Gasteiger partial charge in [0.25, 0.3) is 0 Å². The van der Waals surface area contributed by atoms with Crippen LogP contribution in [0.4, 0.5) is 11.5 Å². The van der Waals surface area contributed by atoms with E-state index in [9.17, 15) is 9.59 Å². The van der Waals surface area contributed by atoms with Crippen LogP contribution in [0.15, 0.2) is 30.5 Å². The molecule has 0 aliphatic carbocycles. The highest BCUT2D eigenvalue weighted by Gasteiger charge is 2.22. The zero-order valence-electron chi connectivity index (χ0n) is 16.7.